The largest absolute Gasteiger partial charge is 0.370 e. The molecule has 2 nitrogen and oxygen atoms in total. The first kappa shape index (κ1) is 12.3. The van der Waals surface area contributed by atoms with Crippen LogP contribution in [-0.4, -0.2) is 13.1 Å². The van der Waals surface area contributed by atoms with Crippen LogP contribution in [0.25, 0.3) is 0 Å². The average Bonchev–Trinajstić information content (AvgIpc) is 2.88. The Labute approximate surface area is 114 Å². The molecule has 1 saturated carbocycles. The SMILES string of the molecule is C[C@H](N)c1ccc(N2CC3CCCC3C2)c(Cl)c1. The van der Waals surface area contributed by atoms with Crippen molar-refractivity contribution in [2.75, 3.05) is 18.0 Å². The summed E-state index contributed by atoms with van der Waals surface area (Å²) >= 11 is 6.41. The molecule has 0 spiro atoms. The van der Waals surface area contributed by atoms with Gasteiger partial charge in [-0.2, -0.15) is 0 Å². The summed E-state index contributed by atoms with van der Waals surface area (Å²) in [5.41, 5.74) is 8.19. The molecule has 98 valence electrons. The fourth-order valence-corrected chi connectivity index (χ4v) is 3.80. The summed E-state index contributed by atoms with van der Waals surface area (Å²) in [6.07, 6.45) is 4.22. The quantitative estimate of drug-likeness (QED) is 0.884. The van der Waals surface area contributed by atoms with Gasteiger partial charge in [0.2, 0.25) is 0 Å². The summed E-state index contributed by atoms with van der Waals surface area (Å²) in [5, 5.41) is 0.852. The Hall–Kier alpha value is -0.730. The lowest BCUT2D eigenvalue weighted by Gasteiger charge is -2.22. The Morgan fingerprint density at radius 1 is 1.28 bits per heavy atom. The molecule has 0 radical (unpaired) electrons. The molecular formula is C15H21ClN2. The molecule has 1 saturated heterocycles. The van der Waals surface area contributed by atoms with E-state index in [0.717, 1.165) is 22.4 Å². The molecular weight excluding hydrogens is 244 g/mol. The highest BCUT2D eigenvalue weighted by Gasteiger charge is 2.36. The summed E-state index contributed by atoms with van der Waals surface area (Å²) < 4.78 is 0. The predicted octanol–water partition coefficient (Wildman–Crippen LogP) is 3.60. The zero-order chi connectivity index (χ0) is 12.7. The number of hydrogen-bond acceptors (Lipinski definition) is 2. The third kappa shape index (κ3) is 2.12. The van der Waals surface area contributed by atoms with E-state index in [-0.39, 0.29) is 6.04 Å². The van der Waals surface area contributed by atoms with Gasteiger partial charge < -0.3 is 10.6 Å². The van der Waals surface area contributed by atoms with Crippen molar-refractivity contribution in [3.63, 3.8) is 0 Å². The first-order valence-electron chi connectivity index (χ1n) is 6.95. The molecule has 3 atom stereocenters. The van der Waals surface area contributed by atoms with E-state index in [1.807, 2.05) is 13.0 Å². The number of nitrogens with zero attached hydrogens (tertiary/aromatic N) is 1. The second-order valence-corrected chi connectivity index (χ2v) is 6.26. The van der Waals surface area contributed by atoms with Crippen LogP contribution in [0.1, 0.15) is 37.8 Å². The normalized spacial score (nSPS) is 28.5. The van der Waals surface area contributed by atoms with E-state index in [0.29, 0.717) is 0 Å². The number of fused-ring (bicyclic) bond motifs is 1. The molecule has 0 bridgehead atoms. The van der Waals surface area contributed by atoms with Crippen molar-refractivity contribution in [3.8, 4) is 0 Å². The van der Waals surface area contributed by atoms with Crippen molar-refractivity contribution in [1.29, 1.82) is 0 Å². The van der Waals surface area contributed by atoms with Crippen molar-refractivity contribution in [2.45, 2.75) is 32.2 Å². The summed E-state index contributed by atoms with van der Waals surface area (Å²) in [7, 11) is 0. The Balaban J connectivity index is 1.81. The molecule has 0 aromatic heterocycles. The number of rotatable bonds is 2. The molecule has 2 unspecified atom stereocenters. The molecule has 2 N–H and O–H groups in total. The number of nitrogens with two attached hydrogens (primary N) is 1. The van der Waals surface area contributed by atoms with Crippen LogP contribution in [0.4, 0.5) is 5.69 Å². The smallest absolute Gasteiger partial charge is 0.0642 e. The van der Waals surface area contributed by atoms with E-state index >= 15 is 0 Å². The maximum atomic E-state index is 6.41. The topological polar surface area (TPSA) is 29.3 Å². The van der Waals surface area contributed by atoms with Gasteiger partial charge in [-0.25, -0.2) is 0 Å². The van der Waals surface area contributed by atoms with Gasteiger partial charge in [-0.1, -0.05) is 24.1 Å². The molecule has 1 aliphatic heterocycles. The van der Waals surface area contributed by atoms with E-state index in [1.54, 1.807) is 0 Å². The van der Waals surface area contributed by atoms with Gasteiger partial charge in [-0.15, -0.1) is 0 Å². The first-order valence-corrected chi connectivity index (χ1v) is 7.33. The molecule has 1 aliphatic carbocycles. The maximum absolute atomic E-state index is 6.41. The van der Waals surface area contributed by atoms with Crippen LogP contribution in [0, 0.1) is 11.8 Å². The Kier molecular flexibility index (Phi) is 3.25. The van der Waals surface area contributed by atoms with Gasteiger partial charge >= 0.3 is 0 Å². The summed E-state index contributed by atoms with van der Waals surface area (Å²) in [6, 6.07) is 6.33. The lowest BCUT2D eigenvalue weighted by atomic mass is 10.0. The molecule has 1 heterocycles. The van der Waals surface area contributed by atoms with E-state index < -0.39 is 0 Å². The zero-order valence-corrected chi connectivity index (χ0v) is 11.7. The first-order chi connectivity index (χ1) is 8.65. The van der Waals surface area contributed by atoms with Crippen LogP contribution in [0.15, 0.2) is 18.2 Å². The molecule has 2 fully saturated rings. The molecule has 3 heteroatoms. The monoisotopic (exact) mass is 264 g/mol. The highest BCUT2D eigenvalue weighted by molar-refractivity contribution is 6.33. The van der Waals surface area contributed by atoms with Gasteiger partial charge in [0, 0.05) is 19.1 Å². The third-order valence-electron chi connectivity index (χ3n) is 4.56. The van der Waals surface area contributed by atoms with Gasteiger partial charge in [0.25, 0.3) is 0 Å². The van der Waals surface area contributed by atoms with Crippen molar-refractivity contribution in [1.82, 2.24) is 0 Å². The highest BCUT2D eigenvalue weighted by atomic mass is 35.5. The van der Waals surface area contributed by atoms with Crippen LogP contribution in [0.3, 0.4) is 0 Å². The maximum Gasteiger partial charge on any atom is 0.0642 e. The molecule has 2 aliphatic rings. The molecule has 1 aromatic rings. The van der Waals surface area contributed by atoms with E-state index in [4.69, 9.17) is 17.3 Å². The Morgan fingerprint density at radius 3 is 2.50 bits per heavy atom. The molecule has 0 amide bonds. The lowest BCUT2D eigenvalue weighted by Crippen LogP contribution is -2.21. The average molecular weight is 265 g/mol. The summed E-state index contributed by atoms with van der Waals surface area (Å²) in [6.45, 7) is 4.36. The van der Waals surface area contributed by atoms with Gasteiger partial charge in [0.1, 0.15) is 0 Å². The molecule has 1 aromatic carbocycles. The minimum Gasteiger partial charge on any atom is -0.370 e. The number of hydrogen-bond donors (Lipinski definition) is 1. The zero-order valence-electron chi connectivity index (χ0n) is 10.9. The molecule has 3 rings (SSSR count). The Morgan fingerprint density at radius 2 is 1.94 bits per heavy atom. The van der Waals surface area contributed by atoms with E-state index in [2.05, 4.69) is 17.0 Å². The van der Waals surface area contributed by atoms with Crippen LogP contribution in [0.5, 0.6) is 0 Å². The molecule has 18 heavy (non-hydrogen) atoms. The van der Waals surface area contributed by atoms with Crippen LogP contribution >= 0.6 is 11.6 Å². The number of halogens is 1. The van der Waals surface area contributed by atoms with Crippen LogP contribution < -0.4 is 10.6 Å². The highest BCUT2D eigenvalue weighted by Crippen LogP contribution is 2.41. The van der Waals surface area contributed by atoms with Gasteiger partial charge in [0.05, 0.1) is 10.7 Å². The van der Waals surface area contributed by atoms with Gasteiger partial charge in [0.15, 0.2) is 0 Å². The third-order valence-corrected chi connectivity index (χ3v) is 4.87. The second-order valence-electron chi connectivity index (χ2n) is 5.86. The van der Waals surface area contributed by atoms with E-state index in [9.17, 15) is 0 Å². The number of benzene rings is 1. The fourth-order valence-electron chi connectivity index (χ4n) is 3.49. The number of anilines is 1. The van der Waals surface area contributed by atoms with Gasteiger partial charge in [-0.05, 0) is 49.3 Å². The second kappa shape index (κ2) is 4.75. The minimum absolute atomic E-state index is 0.0505. The lowest BCUT2D eigenvalue weighted by molar-refractivity contribution is 0.494. The van der Waals surface area contributed by atoms with Gasteiger partial charge in [-0.3, -0.25) is 0 Å². The van der Waals surface area contributed by atoms with Crippen LogP contribution in [-0.2, 0) is 0 Å². The predicted molar refractivity (Wildman–Crippen MR) is 77.1 cm³/mol. The van der Waals surface area contributed by atoms with Crippen molar-refractivity contribution < 1.29 is 0 Å². The van der Waals surface area contributed by atoms with Crippen molar-refractivity contribution >= 4 is 17.3 Å². The van der Waals surface area contributed by atoms with Crippen LogP contribution in [0.2, 0.25) is 5.02 Å². The summed E-state index contributed by atoms with van der Waals surface area (Å²) in [4.78, 5) is 2.46. The Bertz CT molecular complexity index is 432. The summed E-state index contributed by atoms with van der Waals surface area (Å²) in [5.74, 6) is 1.79. The fraction of sp³-hybridized carbons (Fsp3) is 0.600. The van der Waals surface area contributed by atoms with E-state index in [1.165, 1.54) is 38.0 Å². The standard InChI is InChI=1S/C15H21ClN2/c1-10(17)11-5-6-15(14(16)7-11)18-8-12-3-2-4-13(12)9-18/h5-7,10,12-13H,2-4,8-9,17H2,1H3/t10-,12?,13?/m0/s1. The van der Waals surface area contributed by atoms with Crippen molar-refractivity contribution in [3.05, 3.63) is 28.8 Å². The van der Waals surface area contributed by atoms with Crippen molar-refractivity contribution in [2.24, 2.45) is 17.6 Å². The minimum atomic E-state index is 0.0505.